The van der Waals surface area contributed by atoms with E-state index in [9.17, 15) is 36.2 Å². The van der Waals surface area contributed by atoms with Crippen molar-refractivity contribution in [3.05, 3.63) is 85.2 Å². The Hall–Kier alpha value is -4.08. The molecule has 20 heteroatoms. The van der Waals surface area contributed by atoms with Gasteiger partial charge in [-0.3, -0.25) is 9.97 Å². The SMILES string of the molecule is COc1cc(N=Nc2cc(S(=O)(=O)[O-])c3cccnc3c2O)ccc1-c1ccc(N=Nc2cc(S(=O)(=O)[O-])c3cccnc3c2O)cc1OC.[Na+].[Na+]. The van der Waals surface area contributed by atoms with E-state index in [-0.39, 0.29) is 104 Å². The normalized spacial score (nSPS) is 11.8. The molecule has 0 saturated heterocycles. The van der Waals surface area contributed by atoms with E-state index in [4.69, 9.17) is 9.47 Å². The molecule has 0 saturated carbocycles. The molecule has 0 fully saturated rings. The van der Waals surface area contributed by atoms with Crippen molar-refractivity contribution in [2.75, 3.05) is 14.2 Å². The Morgan fingerprint density at radius 1 is 0.596 bits per heavy atom. The third-order valence-corrected chi connectivity index (χ3v) is 9.11. The molecule has 6 rings (SSSR count). The van der Waals surface area contributed by atoms with Crippen molar-refractivity contribution in [2.45, 2.75) is 9.79 Å². The summed E-state index contributed by atoms with van der Waals surface area (Å²) in [6.07, 6.45) is 2.65. The molecule has 0 bridgehead atoms. The molecule has 52 heavy (non-hydrogen) atoms. The van der Waals surface area contributed by atoms with Crippen LogP contribution in [0.1, 0.15) is 0 Å². The number of phenolic OH excluding ortho intramolecular Hbond substituents is 2. The third-order valence-electron chi connectivity index (χ3n) is 7.36. The molecule has 2 aromatic heterocycles. The maximum absolute atomic E-state index is 11.9. The molecular formula is C32H22N6Na2O10S2. The zero-order valence-electron chi connectivity index (χ0n) is 27.7. The van der Waals surface area contributed by atoms with Gasteiger partial charge in [0.1, 0.15) is 54.1 Å². The summed E-state index contributed by atoms with van der Waals surface area (Å²) in [5.74, 6) is -0.293. The first-order valence-corrected chi connectivity index (χ1v) is 16.9. The van der Waals surface area contributed by atoms with Crippen LogP contribution >= 0.6 is 0 Å². The van der Waals surface area contributed by atoms with Gasteiger partial charge in [-0.15, -0.1) is 10.2 Å². The molecule has 6 aromatic rings. The van der Waals surface area contributed by atoms with E-state index in [0.29, 0.717) is 22.6 Å². The molecule has 0 spiro atoms. The topological polar surface area (TPSA) is 249 Å². The van der Waals surface area contributed by atoms with Crippen LogP contribution in [0.5, 0.6) is 23.0 Å². The fourth-order valence-electron chi connectivity index (χ4n) is 5.09. The van der Waals surface area contributed by atoms with Gasteiger partial charge in [-0.05, 0) is 60.7 Å². The number of ether oxygens (including phenoxy) is 2. The molecule has 2 N–H and O–H groups in total. The predicted octanol–water partition coefficient (Wildman–Crippen LogP) is 0.525. The molecule has 0 aliphatic rings. The minimum absolute atomic E-state index is 0. The summed E-state index contributed by atoms with van der Waals surface area (Å²) in [7, 11) is -7.04. The molecule has 0 aliphatic heterocycles. The zero-order chi connectivity index (χ0) is 35.8. The number of hydrogen-bond acceptors (Lipinski definition) is 16. The summed E-state index contributed by atoms with van der Waals surface area (Å²) in [4.78, 5) is 6.73. The Bertz CT molecular complexity index is 2450. The molecule has 2 heterocycles. The largest absolute Gasteiger partial charge is 1.00 e. The minimum Gasteiger partial charge on any atom is -0.744 e. The Morgan fingerprint density at radius 3 is 1.33 bits per heavy atom. The van der Waals surface area contributed by atoms with Crippen LogP contribution in [0.15, 0.2) is 115 Å². The predicted molar refractivity (Wildman–Crippen MR) is 176 cm³/mol. The second-order valence-electron chi connectivity index (χ2n) is 10.4. The number of aromatic hydroxyl groups is 2. The Kier molecular flexibility index (Phi) is 12.8. The summed E-state index contributed by atoms with van der Waals surface area (Å²) < 4.78 is 82.5. The van der Waals surface area contributed by atoms with Gasteiger partial charge in [-0.2, -0.15) is 10.2 Å². The number of hydrogen-bond donors (Lipinski definition) is 2. The van der Waals surface area contributed by atoms with E-state index >= 15 is 0 Å². The molecule has 254 valence electrons. The average molecular weight is 761 g/mol. The number of nitrogens with zero attached hydrogens (tertiary/aromatic N) is 6. The van der Waals surface area contributed by atoms with Gasteiger partial charge in [0, 0.05) is 46.4 Å². The van der Waals surface area contributed by atoms with Crippen molar-refractivity contribution < 1.29 is 105 Å². The Morgan fingerprint density at radius 2 is 0.981 bits per heavy atom. The standard InChI is InChI=1S/C32H24N6O10S2.2Na/c1-47-25-13-17(35-37-23-15-27(49(41,42)43)21-5-3-11-33-29(21)31(23)39)7-9-19(25)20-10-8-18(14-26(20)48-2)36-38-24-16-28(50(44,45)46)22-6-4-12-34-30(22)32(24)40;;/h3-16,39-40H,1-2H3,(H,41,42,43)(H,44,45,46);;/q;2*+1/p-2. The van der Waals surface area contributed by atoms with E-state index in [2.05, 4.69) is 30.4 Å². The van der Waals surface area contributed by atoms with Crippen LogP contribution in [0.2, 0.25) is 0 Å². The zero-order valence-corrected chi connectivity index (χ0v) is 33.4. The molecule has 0 radical (unpaired) electrons. The molecule has 16 nitrogen and oxygen atoms in total. The second kappa shape index (κ2) is 16.3. The number of aromatic nitrogens is 2. The van der Waals surface area contributed by atoms with Gasteiger partial charge in [0.2, 0.25) is 0 Å². The van der Waals surface area contributed by atoms with Crippen LogP contribution in [-0.2, 0) is 20.2 Å². The van der Waals surface area contributed by atoms with Gasteiger partial charge in [-0.1, -0.05) is 0 Å². The second-order valence-corrected chi connectivity index (χ2v) is 13.1. The average Bonchev–Trinajstić information content (AvgIpc) is 3.10. The summed E-state index contributed by atoms with van der Waals surface area (Å²) >= 11 is 0. The van der Waals surface area contributed by atoms with Gasteiger partial charge in [0.15, 0.2) is 11.5 Å². The number of phenols is 2. The smallest absolute Gasteiger partial charge is 0.744 e. The maximum Gasteiger partial charge on any atom is 1.00 e. The Balaban J connectivity index is 0.00000302. The van der Waals surface area contributed by atoms with Crippen molar-refractivity contribution >= 4 is 64.8 Å². The molecule has 0 aliphatic carbocycles. The van der Waals surface area contributed by atoms with Crippen LogP contribution in [0.3, 0.4) is 0 Å². The van der Waals surface area contributed by atoms with Crippen molar-refractivity contribution in [3.63, 3.8) is 0 Å². The number of methoxy groups -OCH3 is 2. The number of fused-ring (bicyclic) bond motifs is 2. The van der Waals surface area contributed by atoms with Crippen LogP contribution in [0.25, 0.3) is 32.9 Å². The first kappa shape index (κ1) is 40.7. The number of rotatable bonds is 9. The van der Waals surface area contributed by atoms with Crippen molar-refractivity contribution in [1.29, 1.82) is 0 Å². The molecule has 0 unspecified atom stereocenters. The van der Waals surface area contributed by atoms with Crippen molar-refractivity contribution in [2.24, 2.45) is 20.5 Å². The van der Waals surface area contributed by atoms with Crippen LogP contribution in [0, 0.1) is 0 Å². The van der Waals surface area contributed by atoms with E-state index in [0.717, 1.165) is 12.1 Å². The fraction of sp³-hybridized carbons (Fsp3) is 0.0625. The summed E-state index contributed by atoms with van der Waals surface area (Å²) in [6, 6.07) is 16.8. The molecule has 0 amide bonds. The minimum atomic E-state index is -4.94. The molecular weight excluding hydrogens is 738 g/mol. The van der Waals surface area contributed by atoms with Crippen LogP contribution in [0.4, 0.5) is 22.7 Å². The number of azo groups is 2. The van der Waals surface area contributed by atoms with Crippen molar-refractivity contribution in [3.8, 4) is 34.1 Å². The van der Waals surface area contributed by atoms with E-state index < -0.39 is 41.5 Å². The third kappa shape index (κ3) is 8.26. The summed E-state index contributed by atoms with van der Waals surface area (Å²) in [5, 5.41) is 37.3. The van der Waals surface area contributed by atoms with E-state index in [1.165, 1.54) is 63.0 Å². The first-order valence-electron chi connectivity index (χ1n) is 14.1. The maximum atomic E-state index is 11.9. The van der Waals surface area contributed by atoms with Crippen molar-refractivity contribution in [1.82, 2.24) is 9.97 Å². The van der Waals surface area contributed by atoms with Crippen LogP contribution < -0.4 is 68.6 Å². The Labute approximate surface area is 340 Å². The number of benzene rings is 4. The van der Waals surface area contributed by atoms with Gasteiger partial charge in [-0.25, -0.2) is 16.8 Å². The van der Waals surface area contributed by atoms with Gasteiger partial charge >= 0.3 is 59.1 Å². The van der Waals surface area contributed by atoms with Crippen LogP contribution in [-0.4, -0.2) is 60.3 Å². The van der Waals surface area contributed by atoms with E-state index in [1.807, 2.05) is 0 Å². The first-order chi connectivity index (χ1) is 23.8. The molecule has 4 aromatic carbocycles. The quantitative estimate of drug-likeness (QED) is 0.116. The summed E-state index contributed by atoms with van der Waals surface area (Å²) in [6.45, 7) is 0. The van der Waals surface area contributed by atoms with Gasteiger partial charge < -0.3 is 28.8 Å². The van der Waals surface area contributed by atoms with E-state index in [1.54, 1.807) is 24.3 Å². The summed E-state index contributed by atoms with van der Waals surface area (Å²) in [5.41, 5.74) is 0.733. The number of pyridine rings is 2. The van der Waals surface area contributed by atoms with Gasteiger partial charge in [0.05, 0.1) is 35.4 Å². The fourth-order valence-corrected chi connectivity index (χ4v) is 6.47. The van der Waals surface area contributed by atoms with Gasteiger partial charge in [0.25, 0.3) is 0 Å². The monoisotopic (exact) mass is 760 g/mol. The molecule has 0 atom stereocenters.